The fourth-order valence-electron chi connectivity index (χ4n) is 2.05. The number of rotatable bonds is 1. The summed E-state index contributed by atoms with van der Waals surface area (Å²) in [6.45, 7) is 1.90. The normalized spacial score (nSPS) is 15.8. The predicted molar refractivity (Wildman–Crippen MR) is 70.2 cm³/mol. The summed E-state index contributed by atoms with van der Waals surface area (Å²) in [5.41, 5.74) is 3.59. The van der Waals surface area contributed by atoms with E-state index in [1.165, 1.54) is 0 Å². The molecule has 0 saturated heterocycles. The fraction of sp³-hybridized carbons (Fsp3) is 0.0769. The minimum Gasteiger partial charge on any atom is -0.493 e. The van der Waals surface area contributed by atoms with Crippen LogP contribution >= 0.6 is 0 Å². The topological polar surface area (TPSA) is 81.2 Å². The Kier molecular flexibility index (Phi) is 2.19. The van der Waals surface area contributed by atoms with Crippen molar-refractivity contribution in [2.24, 2.45) is 4.99 Å². The highest BCUT2D eigenvalue weighted by Gasteiger charge is 2.17. The Labute approximate surface area is 103 Å². The maximum atomic E-state index is 11.1. The van der Waals surface area contributed by atoms with E-state index in [1.807, 2.05) is 31.2 Å². The first-order chi connectivity index (χ1) is 8.65. The van der Waals surface area contributed by atoms with Crippen molar-refractivity contribution in [3.63, 3.8) is 0 Å². The van der Waals surface area contributed by atoms with Crippen LogP contribution in [0.15, 0.2) is 34.1 Å². The van der Waals surface area contributed by atoms with Crippen LogP contribution in [0.1, 0.15) is 18.2 Å². The van der Waals surface area contributed by atoms with E-state index in [1.54, 1.807) is 6.08 Å². The Hall–Kier alpha value is -2.56. The van der Waals surface area contributed by atoms with Gasteiger partial charge in [-0.3, -0.25) is 9.98 Å². The average molecular weight is 241 g/mol. The lowest BCUT2D eigenvalue weighted by atomic mass is 10.0. The number of hydrogen-bond acceptors (Lipinski definition) is 3. The van der Waals surface area contributed by atoms with Crippen molar-refractivity contribution in [1.29, 1.82) is 0 Å². The molecule has 90 valence electrons. The van der Waals surface area contributed by atoms with E-state index in [-0.39, 0.29) is 5.88 Å². The molecule has 0 amide bonds. The highest BCUT2D eigenvalue weighted by molar-refractivity contribution is 6.31. The summed E-state index contributed by atoms with van der Waals surface area (Å²) in [4.78, 5) is 20.3. The Balaban J connectivity index is 2.16. The summed E-state index contributed by atoms with van der Waals surface area (Å²) in [6.07, 6.45) is 1.72. The van der Waals surface area contributed by atoms with Gasteiger partial charge in [0.1, 0.15) is 5.69 Å². The second-order valence-electron chi connectivity index (χ2n) is 4.11. The van der Waals surface area contributed by atoms with Crippen LogP contribution in [-0.4, -0.2) is 20.8 Å². The quantitative estimate of drug-likeness (QED) is 0.714. The van der Waals surface area contributed by atoms with Gasteiger partial charge in [-0.15, -0.1) is 0 Å². The third-order valence-electron chi connectivity index (χ3n) is 2.90. The van der Waals surface area contributed by atoms with Crippen LogP contribution in [0.2, 0.25) is 0 Å². The number of para-hydroxylation sites is 1. The number of aliphatic imine (C=N–C) groups is 1. The molecule has 1 aliphatic rings. The van der Waals surface area contributed by atoms with Crippen molar-refractivity contribution in [2.75, 3.05) is 0 Å². The van der Waals surface area contributed by atoms with E-state index < -0.39 is 5.69 Å². The minimum absolute atomic E-state index is 0.162. The Morgan fingerprint density at radius 1 is 1.28 bits per heavy atom. The molecule has 2 heterocycles. The molecule has 0 unspecified atom stereocenters. The van der Waals surface area contributed by atoms with Crippen molar-refractivity contribution >= 4 is 23.0 Å². The maximum absolute atomic E-state index is 11.1. The number of H-pyrrole nitrogens is 2. The van der Waals surface area contributed by atoms with Crippen molar-refractivity contribution < 1.29 is 5.11 Å². The molecule has 3 N–H and O–H groups in total. The van der Waals surface area contributed by atoms with Gasteiger partial charge < -0.3 is 10.1 Å². The van der Waals surface area contributed by atoms with Crippen molar-refractivity contribution in [2.45, 2.75) is 6.92 Å². The summed E-state index contributed by atoms with van der Waals surface area (Å²) in [7, 11) is 0. The third kappa shape index (κ3) is 1.57. The summed E-state index contributed by atoms with van der Waals surface area (Å²) >= 11 is 0. The Morgan fingerprint density at radius 2 is 2.06 bits per heavy atom. The first kappa shape index (κ1) is 10.6. The Morgan fingerprint density at radius 3 is 2.78 bits per heavy atom. The van der Waals surface area contributed by atoms with Crippen LogP contribution in [0.4, 0.5) is 5.69 Å². The van der Waals surface area contributed by atoms with E-state index in [2.05, 4.69) is 15.0 Å². The van der Waals surface area contributed by atoms with Gasteiger partial charge in [0.05, 0.1) is 5.69 Å². The van der Waals surface area contributed by atoms with Crippen LogP contribution in [-0.2, 0) is 0 Å². The number of aromatic amines is 2. The molecule has 1 aliphatic heterocycles. The number of imidazole rings is 1. The van der Waals surface area contributed by atoms with Gasteiger partial charge in [0.15, 0.2) is 0 Å². The minimum atomic E-state index is -0.430. The smallest absolute Gasteiger partial charge is 0.326 e. The number of aromatic nitrogens is 2. The molecule has 1 aromatic carbocycles. The lowest BCUT2D eigenvalue weighted by Gasteiger charge is -2.00. The molecule has 0 saturated carbocycles. The number of nitrogens with zero attached hydrogens (tertiary/aromatic N) is 1. The lowest BCUT2D eigenvalue weighted by Crippen LogP contribution is -2.00. The molecule has 0 fully saturated rings. The summed E-state index contributed by atoms with van der Waals surface area (Å²) in [6, 6.07) is 7.75. The van der Waals surface area contributed by atoms with E-state index >= 15 is 0 Å². The summed E-state index contributed by atoms with van der Waals surface area (Å²) in [5.74, 6) is -0.162. The van der Waals surface area contributed by atoms with Gasteiger partial charge in [-0.25, -0.2) is 4.79 Å². The largest absolute Gasteiger partial charge is 0.493 e. The zero-order valence-electron chi connectivity index (χ0n) is 9.69. The molecule has 3 rings (SSSR count). The Bertz CT molecular complexity index is 735. The molecule has 0 aliphatic carbocycles. The van der Waals surface area contributed by atoms with Crippen LogP contribution in [0.25, 0.3) is 11.6 Å². The standard InChI is InChI=1S/C13H11N3O2/c1-7-9(6-11-12(17)16-13(18)15-11)8-4-2-3-5-10(8)14-7/h2-6,17H,1H3,(H2,15,16,18)/b9-6+. The molecule has 18 heavy (non-hydrogen) atoms. The van der Waals surface area contributed by atoms with Crippen LogP contribution in [0.5, 0.6) is 5.88 Å². The molecule has 0 radical (unpaired) electrons. The van der Waals surface area contributed by atoms with Gasteiger partial charge in [-0.05, 0) is 19.1 Å². The predicted octanol–water partition coefficient (Wildman–Crippen LogP) is 2.06. The van der Waals surface area contributed by atoms with E-state index in [9.17, 15) is 9.90 Å². The van der Waals surface area contributed by atoms with Crippen LogP contribution < -0.4 is 5.69 Å². The van der Waals surface area contributed by atoms with E-state index in [0.717, 1.165) is 22.5 Å². The van der Waals surface area contributed by atoms with Crippen LogP contribution in [0.3, 0.4) is 0 Å². The summed E-state index contributed by atoms with van der Waals surface area (Å²) in [5, 5.41) is 9.55. The van der Waals surface area contributed by atoms with Gasteiger partial charge >= 0.3 is 5.69 Å². The number of benzene rings is 1. The molecule has 1 aromatic heterocycles. The van der Waals surface area contributed by atoms with Crippen LogP contribution in [0, 0.1) is 0 Å². The van der Waals surface area contributed by atoms with E-state index in [0.29, 0.717) is 5.69 Å². The number of hydrogen-bond donors (Lipinski definition) is 3. The highest BCUT2D eigenvalue weighted by atomic mass is 16.3. The second kappa shape index (κ2) is 3.73. The van der Waals surface area contributed by atoms with Gasteiger partial charge in [0, 0.05) is 16.8 Å². The maximum Gasteiger partial charge on any atom is 0.326 e. The zero-order valence-corrected chi connectivity index (χ0v) is 9.69. The lowest BCUT2D eigenvalue weighted by molar-refractivity contribution is 0.454. The molecule has 0 atom stereocenters. The van der Waals surface area contributed by atoms with Crippen molar-refractivity contribution in [3.8, 4) is 5.88 Å². The molecule has 0 spiro atoms. The fourth-order valence-corrected chi connectivity index (χ4v) is 2.05. The summed E-state index contributed by atoms with van der Waals surface area (Å²) < 4.78 is 0. The average Bonchev–Trinajstić information content (AvgIpc) is 2.81. The second-order valence-corrected chi connectivity index (χ2v) is 4.11. The number of allylic oxidation sites excluding steroid dienone is 1. The van der Waals surface area contributed by atoms with E-state index in [4.69, 9.17) is 0 Å². The molecular formula is C13H11N3O2. The molecule has 0 bridgehead atoms. The number of aromatic hydroxyl groups is 1. The molecule has 2 aromatic rings. The third-order valence-corrected chi connectivity index (χ3v) is 2.90. The van der Waals surface area contributed by atoms with Gasteiger partial charge in [0.25, 0.3) is 0 Å². The highest BCUT2D eigenvalue weighted by Crippen LogP contribution is 2.35. The molecule has 5 heteroatoms. The molecule has 5 nitrogen and oxygen atoms in total. The number of fused-ring (bicyclic) bond motifs is 1. The molecular weight excluding hydrogens is 230 g/mol. The SMILES string of the molecule is CC1=Nc2ccccc2/C1=C/c1[nH]c(=O)[nH]c1O. The first-order valence-corrected chi connectivity index (χ1v) is 5.53. The monoisotopic (exact) mass is 241 g/mol. The van der Waals surface area contributed by atoms with Gasteiger partial charge in [-0.2, -0.15) is 0 Å². The zero-order chi connectivity index (χ0) is 12.7. The van der Waals surface area contributed by atoms with Gasteiger partial charge in [0.2, 0.25) is 5.88 Å². The number of nitrogens with one attached hydrogen (secondary N) is 2. The first-order valence-electron chi connectivity index (χ1n) is 5.53. The van der Waals surface area contributed by atoms with Gasteiger partial charge in [-0.1, -0.05) is 18.2 Å². The van der Waals surface area contributed by atoms with Crippen molar-refractivity contribution in [3.05, 3.63) is 46.0 Å². The van der Waals surface area contributed by atoms with Crippen molar-refractivity contribution in [1.82, 2.24) is 9.97 Å².